The second-order valence-corrected chi connectivity index (χ2v) is 2.67. The standard InChI is InChI=1S/C9H5N3O/c10-12-8-5-6-3-1-2-4-7(6)11-9(8)13/h1-5H/p+1. The van der Waals surface area contributed by atoms with Crippen LogP contribution < -0.4 is 5.56 Å². The van der Waals surface area contributed by atoms with Crippen LogP contribution in [0.1, 0.15) is 0 Å². The quantitative estimate of drug-likeness (QED) is 0.618. The van der Waals surface area contributed by atoms with E-state index in [4.69, 9.17) is 5.39 Å². The number of aromatic amines is 1. The number of benzene rings is 1. The molecule has 1 aromatic heterocycles. The zero-order chi connectivity index (χ0) is 9.26. The highest BCUT2D eigenvalue weighted by Crippen LogP contribution is 2.13. The molecule has 0 amide bonds. The summed E-state index contributed by atoms with van der Waals surface area (Å²) in [6, 6.07) is 8.84. The van der Waals surface area contributed by atoms with Crippen LogP contribution in [0.15, 0.2) is 35.1 Å². The van der Waals surface area contributed by atoms with E-state index in [-0.39, 0.29) is 11.2 Å². The van der Waals surface area contributed by atoms with Gasteiger partial charge in [-0.2, -0.15) is 0 Å². The fourth-order valence-corrected chi connectivity index (χ4v) is 1.21. The molecule has 2 rings (SSSR count). The smallest absolute Gasteiger partial charge is 0.315 e. The van der Waals surface area contributed by atoms with Crippen molar-refractivity contribution < 1.29 is 0 Å². The molecule has 0 radical (unpaired) electrons. The highest BCUT2D eigenvalue weighted by Gasteiger charge is 2.11. The molecule has 0 spiro atoms. The number of aromatic nitrogens is 1. The van der Waals surface area contributed by atoms with E-state index in [0.29, 0.717) is 0 Å². The van der Waals surface area contributed by atoms with Gasteiger partial charge in [-0.1, -0.05) is 18.2 Å². The molecule has 0 bridgehead atoms. The van der Waals surface area contributed by atoms with Crippen LogP contribution >= 0.6 is 0 Å². The van der Waals surface area contributed by atoms with Crippen LogP contribution in [0.25, 0.3) is 15.9 Å². The number of nitrogens with one attached hydrogen (secondary N) is 1. The molecule has 4 heteroatoms. The first-order valence-electron chi connectivity index (χ1n) is 3.78. The molecule has 0 fully saturated rings. The molecule has 2 aromatic rings. The second kappa shape index (κ2) is 2.72. The van der Waals surface area contributed by atoms with Gasteiger partial charge in [0.05, 0.1) is 0 Å². The van der Waals surface area contributed by atoms with Crippen molar-refractivity contribution >= 4 is 16.6 Å². The Morgan fingerprint density at radius 2 is 2.08 bits per heavy atom. The van der Waals surface area contributed by atoms with Crippen molar-refractivity contribution in [2.45, 2.75) is 0 Å². The lowest BCUT2D eigenvalue weighted by atomic mass is 10.2. The summed E-state index contributed by atoms with van der Waals surface area (Å²) < 4.78 is 0. The maximum Gasteiger partial charge on any atom is 0.449 e. The third-order valence-electron chi connectivity index (χ3n) is 1.84. The number of nitrogens with zero attached hydrogens (tertiary/aromatic N) is 2. The van der Waals surface area contributed by atoms with Gasteiger partial charge in [0, 0.05) is 17.0 Å². The first-order valence-corrected chi connectivity index (χ1v) is 3.78. The van der Waals surface area contributed by atoms with E-state index in [0.717, 1.165) is 10.9 Å². The van der Waals surface area contributed by atoms with Gasteiger partial charge in [-0.3, -0.25) is 4.79 Å². The maximum absolute atomic E-state index is 11.2. The van der Waals surface area contributed by atoms with E-state index in [1.165, 1.54) is 6.07 Å². The summed E-state index contributed by atoms with van der Waals surface area (Å²) in [5.74, 6) is 0. The van der Waals surface area contributed by atoms with Crippen LogP contribution in [0.5, 0.6) is 0 Å². The topological polar surface area (TPSA) is 61.0 Å². The number of H-pyrrole nitrogens is 1. The van der Waals surface area contributed by atoms with Crippen molar-refractivity contribution in [1.29, 1.82) is 5.39 Å². The first-order chi connectivity index (χ1) is 6.31. The minimum atomic E-state index is -0.388. The molecular formula is C9H6N3O+. The molecule has 1 aromatic carbocycles. The fourth-order valence-electron chi connectivity index (χ4n) is 1.21. The van der Waals surface area contributed by atoms with E-state index in [9.17, 15) is 4.79 Å². The van der Waals surface area contributed by atoms with E-state index in [1.54, 1.807) is 6.07 Å². The predicted octanol–water partition coefficient (Wildman–Crippen LogP) is 2.01. The second-order valence-electron chi connectivity index (χ2n) is 2.67. The molecule has 0 atom stereocenters. The number of diazo groups is 1. The van der Waals surface area contributed by atoms with Crippen LogP contribution in [-0.2, 0) is 0 Å². The normalized spacial score (nSPS) is 9.77. The van der Waals surface area contributed by atoms with Gasteiger partial charge in [-0.05, 0) is 6.07 Å². The van der Waals surface area contributed by atoms with E-state index in [1.807, 2.05) is 18.2 Å². The maximum atomic E-state index is 11.2. The zero-order valence-corrected chi connectivity index (χ0v) is 6.69. The Morgan fingerprint density at radius 3 is 2.85 bits per heavy atom. The molecule has 0 aliphatic carbocycles. The number of hydrogen-bond donors (Lipinski definition) is 1. The van der Waals surface area contributed by atoms with Crippen molar-refractivity contribution in [3.63, 3.8) is 0 Å². The predicted molar refractivity (Wildman–Crippen MR) is 49.3 cm³/mol. The summed E-state index contributed by atoms with van der Waals surface area (Å²) in [5.41, 5.74) is 0.375. The van der Waals surface area contributed by atoms with Crippen molar-refractivity contribution in [2.75, 3.05) is 0 Å². The average Bonchev–Trinajstić information content (AvgIpc) is 2.17. The number of para-hydroxylation sites is 1. The summed E-state index contributed by atoms with van der Waals surface area (Å²) in [6.07, 6.45) is 0. The minimum Gasteiger partial charge on any atom is -0.315 e. The van der Waals surface area contributed by atoms with E-state index in [2.05, 4.69) is 9.96 Å². The molecule has 0 saturated carbocycles. The Bertz CT molecular complexity index is 551. The SMILES string of the molecule is N#[N+]c1cc2ccccc2[nH]c1=O. The molecule has 0 aliphatic heterocycles. The molecule has 62 valence electrons. The highest BCUT2D eigenvalue weighted by molar-refractivity contribution is 5.81. The molecular weight excluding hydrogens is 166 g/mol. The minimum absolute atomic E-state index is 0.0266. The number of pyridine rings is 1. The Balaban J connectivity index is 2.91. The molecule has 1 heterocycles. The van der Waals surface area contributed by atoms with E-state index < -0.39 is 0 Å². The van der Waals surface area contributed by atoms with Gasteiger partial charge in [-0.15, -0.1) is 0 Å². The zero-order valence-electron chi connectivity index (χ0n) is 6.69. The van der Waals surface area contributed by atoms with E-state index >= 15 is 0 Å². The van der Waals surface area contributed by atoms with Gasteiger partial charge >= 0.3 is 11.2 Å². The number of fused-ring (bicyclic) bond motifs is 1. The fraction of sp³-hybridized carbons (Fsp3) is 0. The summed E-state index contributed by atoms with van der Waals surface area (Å²) in [5, 5.41) is 9.33. The van der Waals surface area contributed by atoms with Crippen LogP contribution in [0.4, 0.5) is 5.69 Å². The third kappa shape index (κ3) is 1.16. The lowest BCUT2D eigenvalue weighted by molar-refractivity contribution is 1.30. The monoisotopic (exact) mass is 172 g/mol. The lowest BCUT2D eigenvalue weighted by Gasteiger charge is -1.91. The van der Waals surface area contributed by atoms with Gasteiger partial charge in [0.15, 0.2) is 4.98 Å². The van der Waals surface area contributed by atoms with Gasteiger partial charge in [0.2, 0.25) is 5.39 Å². The highest BCUT2D eigenvalue weighted by atomic mass is 16.1. The van der Waals surface area contributed by atoms with Crippen molar-refractivity contribution in [3.05, 3.63) is 45.7 Å². The summed E-state index contributed by atoms with van der Waals surface area (Å²) in [7, 11) is 0. The van der Waals surface area contributed by atoms with Crippen molar-refractivity contribution in [1.82, 2.24) is 4.98 Å². The molecule has 1 N–H and O–H groups in total. The summed E-state index contributed by atoms with van der Waals surface area (Å²) >= 11 is 0. The lowest BCUT2D eigenvalue weighted by Crippen LogP contribution is -2.03. The molecule has 0 unspecified atom stereocenters. The summed E-state index contributed by atoms with van der Waals surface area (Å²) in [6.45, 7) is 0. The van der Waals surface area contributed by atoms with Crippen LogP contribution in [0.3, 0.4) is 0 Å². The Labute approximate surface area is 73.5 Å². The van der Waals surface area contributed by atoms with Crippen molar-refractivity contribution in [3.8, 4) is 0 Å². The van der Waals surface area contributed by atoms with Gasteiger partial charge in [-0.25, -0.2) is 0 Å². The van der Waals surface area contributed by atoms with Gasteiger partial charge in [0.1, 0.15) is 0 Å². The van der Waals surface area contributed by atoms with Crippen LogP contribution in [0.2, 0.25) is 0 Å². The first kappa shape index (κ1) is 7.50. The third-order valence-corrected chi connectivity index (χ3v) is 1.84. The van der Waals surface area contributed by atoms with Crippen molar-refractivity contribution in [2.24, 2.45) is 0 Å². The molecule has 4 nitrogen and oxygen atoms in total. The van der Waals surface area contributed by atoms with Crippen LogP contribution in [0, 0.1) is 5.39 Å². The van der Waals surface area contributed by atoms with Gasteiger partial charge < -0.3 is 4.98 Å². The molecule has 0 saturated heterocycles. The Hall–Kier alpha value is -2.15. The average molecular weight is 172 g/mol. The van der Waals surface area contributed by atoms with Gasteiger partial charge in [0.25, 0.3) is 0 Å². The molecule has 13 heavy (non-hydrogen) atoms. The van der Waals surface area contributed by atoms with Crippen LogP contribution in [-0.4, -0.2) is 4.98 Å². The molecule has 0 aliphatic rings. The Kier molecular flexibility index (Phi) is 1.57. The largest absolute Gasteiger partial charge is 0.449 e. The Morgan fingerprint density at radius 1 is 1.31 bits per heavy atom. The number of hydrogen-bond acceptors (Lipinski definition) is 2. The summed E-state index contributed by atoms with van der Waals surface area (Å²) in [4.78, 5) is 16.6. The number of rotatable bonds is 0.